The molecule has 0 radical (unpaired) electrons. The van der Waals surface area contributed by atoms with E-state index >= 15 is 0 Å². The third kappa shape index (κ3) is 5.56. The molecule has 23 heavy (non-hydrogen) atoms. The van der Waals surface area contributed by atoms with E-state index in [1.807, 2.05) is 36.4 Å². The zero-order valence-electron chi connectivity index (χ0n) is 13.8. The summed E-state index contributed by atoms with van der Waals surface area (Å²) in [7, 11) is 0. The number of nitriles is 1. The molecule has 1 aromatic rings. The van der Waals surface area contributed by atoms with Crippen LogP contribution in [0, 0.1) is 23.2 Å². The lowest BCUT2D eigenvalue weighted by molar-refractivity contribution is -0.140. The third-order valence-electron chi connectivity index (χ3n) is 4.51. The zero-order valence-corrected chi connectivity index (χ0v) is 13.8. The van der Waals surface area contributed by atoms with Gasteiger partial charge in [0.2, 0.25) is 0 Å². The minimum atomic E-state index is -0.117. The summed E-state index contributed by atoms with van der Waals surface area (Å²) in [6.45, 7) is 2.18. The topological polar surface area (TPSA) is 50.1 Å². The van der Waals surface area contributed by atoms with Crippen LogP contribution >= 0.6 is 0 Å². The van der Waals surface area contributed by atoms with Crippen molar-refractivity contribution < 1.29 is 9.53 Å². The van der Waals surface area contributed by atoms with E-state index in [-0.39, 0.29) is 11.9 Å². The zero-order chi connectivity index (χ0) is 16.5. The molecule has 0 aliphatic heterocycles. The second-order valence-electron chi connectivity index (χ2n) is 6.27. The molecule has 0 saturated heterocycles. The second-order valence-corrected chi connectivity index (χ2v) is 6.27. The Kier molecular flexibility index (Phi) is 6.87. The maximum Gasteiger partial charge on any atom is 0.314 e. The first kappa shape index (κ1) is 17.3. The number of hydrogen-bond acceptors (Lipinski definition) is 3. The lowest BCUT2D eigenvalue weighted by Gasteiger charge is -2.25. The number of allylic oxidation sites excluding steroid dienone is 2. The quantitative estimate of drug-likeness (QED) is 0.430. The maximum absolute atomic E-state index is 12.3. The van der Waals surface area contributed by atoms with Crippen molar-refractivity contribution in [1.82, 2.24) is 0 Å². The highest BCUT2D eigenvalue weighted by Crippen LogP contribution is 2.30. The molecule has 0 heterocycles. The first-order valence-corrected chi connectivity index (χ1v) is 8.60. The fraction of sp³-hybridized carbons (Fsp3) is 0.500. The van der Waals surface area contributed by atoms with Crippen molar-refractivity contribution in [2.45, 2.75) is 51.9 Å². The summed E-state index contributed by atoms with van der Waals surface area (Å²) in [5, 5.41) is 8.56. The number of esters is 1. The number of carbonyl (C=O) groups is 1. The molecule has 2 rings (SSSR count). The Morgan fingerprint density at radius 3 is 2.57 bits per heavy atom. The monoisotopic (exact) mass is 311 g/mol. The van der Waals surface area contributed by atoms with Crippen molar-refractivity contribution >= 4 is 5.97 Å². The fourth-order valence-corrected chi connectivity index (χ4v) is 3.03. The molecule has 122 valence electrons. The fourth-order valence-electron chi connectivity index (χ4n) is 3.03. The van der Waals surface area contributed by atoms with Crippen LogP contribution in [0.25, 0.3) is 0 Å². The van der Waals surface area contributed by atoms with Gasteiger partial charge < -0.3 is 4.74 Å². The van der Waals surface area contributed by atoms with Crippen LogP contribution in [-0.2, 0) is 11.2 Å². The van der Waals surface area contributed by atoms with Gasteiger partial charge in [0.05, 0.1) is 12.0 Å². The van der Waals surface area contributed by atoms with Crippen molar-refractivity contribution in [2.24, 2.45) is 11.8 Å². The predicted molar refractivity (Wildman–Crippen MR) is 90.9 cm³/mol. The first-order valence-electron chi connectivity index (χ1n) is 8.60. The van der Waals surface area contributed by atoms with E-state index in [0.717, 1.165) is 32.1 Å². The third-order valence-corrected chi connectivity index (χ3v) is 4.51. The van der Waals surface area contributed by atoms with Crippen LogP contribution in [0.3, 0.4) is 0 Å². The molecule has 3 heteroatoms. The van der Waals surface area contributed by atoms with Crippen LogP contribution in [0.15, 0.2) is 36.4 Å². The van der Waals surface area contributed by atoms with E-state index in [1.165, 1.54) is 18.4 Å². The van der Waals surface area contributed by atoms with Gasteiger partial charge in [0.1, 0.15) is 5.75 Å². The van der Waals surface area contributed by atoms with Crippen molar-refractivity contribution in [2.75, 3.05) is 0 Å². The molecule has 3 nitrogen and oxygen atoms in total. The van der Waals surface area contributed by atoms with E-state index in [4.69, 9.17) is 10.00 Å². The molecule has 0 atom stereocenters. The van der Waals surface area contributed by atoms with Gasteiger partial charge in [-0.15, -0.1) is 0 Å². The average Bonchev–Trinajstić information content (AvgIpc) is 2.59. The van der Waals surface area contributed by atoms with Crippen LogP contribution in [0.2, 0.25) is 0 Å². The Balaban J connectivity index is 1.81. The first-order chi connectivity index (χ1) is 11.2. The number of carbonyl (C=O) groups excluding carboxylic acids is 1. The van der Waals surface area contributed by atoms with Gasteiger partial charge in [-0.1, -0.05) is 31.6 Å². The summed E-state index contributed by atoms with van der Waals surface area (Å²) in [6.07, 6.45) is 10.5. The van der Waals surface area contributed by atoms with E-state index in [9.17, 15) is 4.79 Å². The maximum atomic E-state index is 12.3. The molecule has 1 saturated carbocycles. The van der Waals surface area contributed by atoms with Gasteiger partial charge in [-0.2, -0.15) is 5.26 Å². The molecular weight excluding hydrogens is 286 g/mol. The lowest BCUT2D eigenvalue weighted by atomic mass is 9.82. The Bertz CT molecular complexity index is 560. The lowest BCUT2D eigenvalue weighted by Crippen LogP contribution is -2.25. The SMILES string of the molecule is CCCCc1ccc(OC(=O)[C@H]2CC[C@H](C=CC#N)CC2)cc1. The van der Waals surface area contributed by atoms with Crippen LogP contribution in [-0.4, -0.2) is 5.97 Å². The van der Waals surface area contributed by atoms with E-state index in [2.05, 4.69) is 6.92 Å². The van der Waals surface area contributed by atoms with Crippen LogP contribution < -0.4 is 4.74 Å². The number of benzene rings is 1. The summed E-state index contributed by atoms with van der Waals surface area (Å²) in [5.41, 5.74) is 1.29. The van der Waals surface area contributed by atoms with Crippen molar-refractivity contribution in [3.63, 3.8) is 0 Å². The molecule has 1 fully saturated rings. The number of hydrogen-bond donors (Lipinski definition) is 0. The smallest absolute Gasteiger partial charge is 0.314 e. The highest BCUT2D eigenvalue weighted by Gasteiger charge is 2.26. The molecule has 0 amide bonds. The van der Waals surface area contributed by atoms with Crippen LogP contribution in [0.4, 0.5) is 0 Å². The summed E-state index contributed by atoms with van der Waals surface area (Å²) >= 11 is 0. The molecule has 0 bridgehead atoms. The minimum absolute atomic E-state index is 0.0125. The predicted octanol–water partition coefficient (Wildman–Crippen LogP) is 4.82. The summed E-state index contributed by atoms with van der Waals surface area (Å²) in [5.74, 6) is 0.939. The minimum Gasteiger partial charge on any atom is -0.426 e. The molecule has 0 N–H and O–H groups in total. The highest BCUT2D eigenvalue weighted by molar-refractivity contribution is 5.75. The molecule has 1 aromatic carbocycles. The Morgan fingerprint density at radius 2 is 1.96 bits per heavy atom. The number of aryl methyl sites for hydroxylation is 1. The number of unbranched alkanes of at least 4 members (excludes halogenated alkanes) is 1. The van der Waals surface area contributed by atoms with Crippen molar-refractivity contribution in [3.8, 4) is 11.8 Å². The molecule has 1 aliphatic carbocycles. The summed E-state index contributed by atoms with van der Waals surface area (Å²) in [4.78, 5) is 12.3. The summed E-state index contributed by atoms with van der Waals surface area (Å²) in [6, 6.07) is 9.90. The Morgan fingerprint density at radius 1 is 1.26 bits per heavy atom. The van der Waals surface area contributed by atoms with Crippen LogP contribution in [0.5, 0.6) is 5.75 Å². The molecule has 1 aliphatic rings. The van der Waals surface area contributed by atoms with Gasteiger partial charge in [0, 0.05) is 6.08 Å². The largest absolute Gasteiger partial charge is 0.426 e. The molecule has 0 unspecified atom stereocenters. The molecule has 0 aromatic heterocycles. The molecule has 0 spiro atoms. The van der Waals surface area contributed by atoms with Crippen molar-refractivity contribution in [1.29, 1.82) is 5.26 Å². The van der Waals surface area contributed by atoms with Gasteiger partial charge >= 0.3 is 5.97 Å². The number of nitrogens with zero attached hydrogens (tertiary/aromatic N) is 1. The number of rotatable bonds is 6. The van der Waals surface area contributed by atoms with Gasteiger partial charge in [-0.3, -0.25) is 4.79 Å². The average molecular weight is 311 g/mol. The van der Waals surface area contributed by atoms with E-state index in [0.29, 0.717) is 11.7 Å². The van der Waals surface area contributed by atoms with Gasteiger partial charge in [0.15, 0.2) is 0 Å². The normalized spacial score (nSPS) is 21.0. The summed E-state index contributed by atoms with van der Waals surface area (Å²) < 4.78 is 5.52. The Labute approximate surface area is 139 Å². The standard InChI is InChI=1S/C20H25NO2/c1-2-3-5-16-9-13-19(14-10-16)23-20(22)18-11-7-17(8-12-18)6-4-15-21/h4,6,9-10,13-14,17-18H,2-3,5,7-8,11-12H2,1H3/t17-,18-. The molecular formula is C20H25NO2. The van der Waals surface area contributed by atoms with Gasteiger partial charge in [0.25, 0.3) is 0 Å². The van der Waals surface area contributed by atoms with Crippen LogP contribution in [0.1, 0.15) is 51.0 Å². The van der Waals surface area contributed by atoms with E-state index < -0.39 is 0 Å². The van der Waals surface area contributed by atoms with Gasteiger partial charge in [-0.25, -0.2) is 0 Å². The van der Waals surface area contributed by atoms with Gasteiger partial charge in [-0.05, 0) is 62.1 Å². The van der Waals surface area contributed by atoms with Crippen molar-refractivity contribution in [3.05, 3.63) is 42.0 Å². The number of ether oxygens (including phenoxy) is 1. The van der Waals surface area contributed by atoms with E-state index in [1.54, 1.807) is 6.08 Å². The second kappa shape index (κ2) is 9.15. The highest BCUT2D eigenvalue weighted by atomic mass is 16.5. The Hall–Kier alpha value is -2.08.